The summed E-state index contributed by atoms with van der Waals surface area (Å²) in [4.78, 5) is 20.0. The van der Waals surface area contributed by atoms with Crippen LogP contribution in [0.1, 0.15) is 71.7 Å². The number of aromatic nitrogens is 1. The highest BCUT2D eigenvalue weighted by atomic mass is 16.2. The lowest BCUT2D eigenvalue weighted by atomic mass is 9.52. The van der Waals surface area contributed by atoms with Gasteiger partial charge in [0.2, 0.25) is 0 Å². The van der Waals surface area contributed by atoms with Crippen LogP contribution in [0.4, 0.5) is 0 Å². The molecule has 4 aliphatic carbocycles. The molecule has 5 aliphatic rings. The third kappa shape index (κ3) is 2.13. The van der Waals surface area contributed by atoms with Gasteiger partial charge in [-0.05, 0) is 80.9 Å². The zero-order valence-electron chi connectivity index (χ0n) is 17.5. The summed E-state index contributed by atoms with van der Waals surface area (Å²) in [5.74, 6) is 2.72. The Morgan fingerprint density at radius 2 is 1.53 bits per heavy atom. The van der Waals surface area contributed by atoms with Crippen molar-refractivity contribution in [1.29, 1.82) is 0 Å². The molecule has 2 aromatic carbocycles. The Labute approximate surface area is 177 Å². The molecule has 1 aliphatic heterocycles. The monoisotopic (exact) mass is 396 g/mol. The van der Waals surface area contributed by atoms with Crippen LogP contribution >= 0.6 is 0 Å². The number of aromatic amines is 1. The van der Waals surface area contributed by atoms with Gasteiger partial charge in [-0.2, -0.15) is 0 Å². The maximum Gasteiger partial charge on any atom is 0.255 e. The summed E-state index contributed by atoms with van der Waals surface area (Å²) in [5, 5.41) is 1.26. The number of nitrogens with one attached hydrogen (secondary N) is 1. The van der Waals surface area contributed by atoms with Gasteiger partial charge >= 0.3 is 0 Å². The van der Waals surface area contributed by atoms with E-state index < -0.39 is 0 Å². The number of amides is 1. The molecule has 1 atom stereocenters. The van der Waals surface area contributed by atoms with Crippen LogP contribution in [-0.4, -0.2) is 21.3 Å². The number of nitrogens with zero attached hydrogens (tertiary/aromatic N) is 1. The fraction of sp³-hybridized carbons (Fsp3) is 0.444. The summed E-state index contributed by atoms with van der Waals surface area (Å²) in [6.07, 6.45) is 7.80. The van der Waals surface area contributed by atoms with E-state index >= 15 is 0 Å². The van der Waals surface area contributed by atoms with Crippen LogP contribution in [0.2, 0.25) is 0 Å². The summed E-state index contributed by atoms with van der Waals surface area (Å²) in [5.41, 5.74) is 5.83. The van der Waals surface area contributed by atoms with Crippen molar-refractivity contribution in [3.63, 3.8) is 0 Å². The molecule has 1 aromatic heterocycles. The Balaban J connectivity index is 1.46. The zero-order chi connectivity index (χ0) is 20.0. The van der Waals surface area contributed by atoms with E-state index in [2.05, 4.69) is 59.3 Å². The van der Waals surface area contributed by atoms with Gasteiger partial charge in [-0.15, -0.1) is 0 Å². The van der Waals surface area contributed by atoms with Crippen molar-refractivity contribution in [1.82, 2.24) is 9.88 Å². The zero-order valence-corrected chi connectivity index (χ0v) is 17.5. The molecular weight excluding hydrogens is 368 g/mol. The predicted octanol–water partition coefficient (Wildman–Crippen LogP) is 5.99. The van der Waals surface area contributed by atoms with Crippen molar-refractivity contribution < 1.29 is 4.79 Å². The molecule has 4 fully saturated rings. The van der Waals surface area contributed by atoms with Crippen molar-refractivity contribution in [2.24, 2.45) is 17.8 Å². The maximum atomic E-state index is 14.0. The summed E-state index contributed by atoms with van der Waals surface area (Å²) >= 11 is 0. The quantitative estimate of drug-likeness (QED) is 0.567. The lowest BCUT2D eigenvalue weighted by Gasteiger charge is -2.60. The second-order valence-corrected chi connectivity index (χ2v) is 10.5. The van der Waals surface area contributed by atoms with Gasteiger partial charge in [-0.1, -0.05) is 36.4 Å². The first-order valence-electron chi connectivity index (χ1n) is 11.6. The van der Waals surface area contributed by atoms with Crippen LogP contribution in [0.5, 0.6) is 0 Å². The van der Waals surface area contributed by atoms with Crippen LogP contribution in [0.25, 0.3) is 10.9 Å². The van der Waals surface area contributed by atoms with Gasteiger partial charge in [0, 0.05) is 33.3 Å². The van der Waals surface area contributed by atoms with Crippen LogP contribution in [0, 0.1) is 24.7 Å². The van der Waals surface area contributed by atoms with E-state index in [0.717, 1.165) is 23.3 Å². The Morgan fingerprint density at radius 3 is 2.27 bits per heavy atom. The summed E-state index contributed by atoms with van der Waals surface area (Å²) < 4.78 is 0. The number of rotatable bonds is 2. The Kier molecular flexibility index (Phi) is 3.31. The van der Waals surface area contributed by atoms with E-state index in [4.69, 9.17) is 0 Å². The minimum absolute atomic E-state index is 0.0288. The van der Waals surface area contributed by atoms with E-state index in [0.29, 0.717) is 0 Å². The topological polar surface area (TPSA) is 36.1 Å². The molecule has 0 spiro atoms. The van der Waals surface area contributed by atoms with Gasteiger partial charge in [0.1, 0.15) is 0 Å². The highest BCUT2D eigenvalue weighted by Gasteiger charge is 2.58. The van der Waals surface area contributed by atoms with Crippen LogP contribution in [-0.2, 0) is 0 Å². The second-order valence-electron chi connectivity index (χ2n) is 10.5. The van der Waals surface area contributed by atoms with Gasteiger partial charge < -0.3 is 9.88 Å². The summed E-state index contributed by atoms with van der Waals surface area (Å²) in [7, 11) is 0. The lowest BCUT2D eigenvalue weighted by Crippen LogP contribution is -2.61. The van der Waals surface area contributed by atoms with Crippen molar-refractivity contribution >= 4 is 16.8 Å². The number of aryl methyl sites for hydroxylation is 1. The highest BCUT2D eigenvalue weighted by Crippen LogP contribution is 2.61. The van der Waals surface area contributed by atoms with Crippen molar-refractivity contribution in [2.45, 2.75) is 57.0 Å². The molecule has 0 saturated heterocycles. The number of hydrogen-bond donors (Lipinski definition) is 1. The fourth-order valence-corrected chi connectivity index (χ4v) is 8.10. The summed E-state index contributed by atoms with van der Waals surface area (Å²) in [6.45, 7) is 2.18. The molecule has 1 N–H and O–H groups in total. The molecule has 0 radical (unpaired) electrons. The van der Waals surface area contributed by atoms with Gasteiger partial charge in [-0.3, -0.25) is 4.79 Å². The van der Waals surface area contributed by atoms with Crippen molar-refractivity contribution in [3.05, 3.63) is 70.9 Å². The van der Waals surface area contributed by atoms with Crippen LogP contribution in [0.15, 0.2) is 48.5 Å². The molecule has 2 heterocycles. The number of H-pyrrole nitrogens is 1. The second kappa shape index (κ2) is 5.78. The summed E-state index contributed by atoms with van der Waals surface area (Å²) in [6, 6.07) is 17.0. The van der Waals surface area contributed by atoms with Crippen LogP contribution < -0.4 is 0 Å². The number of hydrogen-bond acceptors (Lipinski definition) is 1. The number of carbonyl (C=O) groups is 1. The molecule has 4 saturated carbocycles. The first-order chi connectivity index (χ1) is 14.6. The molecular formula is C27H28N2O. The predicted molar refractivity (Wildman–Crippen MR) is 118 cm³/mol. The minimum Gasteiger partial charge on any atom is -0.358 e. The number of carbonyl (C=O) groups excluding carboxylic acids is 1. The first kappa shape index (κ1) is 17.2. The lowest BCUT2D eigenvalue weighted by molar-refractivity contribution is -0.0806. The van der Waals surface area contributed by atoms with Gasteiger partial charge in [0.25, 0.3) is 5.91 Å². The van der Waals surface area contributed by atoms with E-state index in [9.17, 15) is 4.79 Å². The van der Waals surface area contributed by atoms with Gasteiger partial charge in [-0.25, -0.2) is 0 Å². The Hall–Kier alpha value is -2.55. The SMILES string of the molecule is Cc1[nH]c2ccccc2c1[C@@H]1c2ccccc2C(=O)N1C12CC3CC(CC(C3)C1)C2. The molecule has 0 unspecified atom stereocenters. The molecule has 152 valence electrons. The third-order valence-corrected chi connectivity index (χ3v) is 8.70. The van der Waals surface area contributed by atoms with Crippen molar-refractivity contribution in [2.75, 3.05) is 0 Å². The van der Waals surface area contributed by atoms with Gasteiger partial charge in [0.05, 0.1) is 6.04 Å². The number of para-hydroxylation sites is 1. The molecule has 1 amide bonds. The standard InChI is InChI=1S/C27H28N2O/c1-16-24(22-8-4-5-9-23(22)28-16)25-20-6-2-3-7-21(20)26(30)29(25)27-13-17-10-18(14-27)12-19(11-17)15-27/h2-9,17-19,25,28H,10-15H2,1H3/t17?,18?,19?,25-,27?/m0/s1. The Morgan fingerprint density at radius 1 is 0.900 bits per heavy atom. The molecule has 3 aromatic rings. The average Bonchev–Trinajstić information content (AvgIpc) is 3.21. The smallest absolute Gasteiger partial charge is 0.255 e. The van der Waals surface area contributed by atoms with Crippen molar-refractivity contribution in [3.8, 4) is 0 Å². The van der Waals surface area contributed by atoms with E-state index in [1.54, 1.807) is 0 Å². The number of benzene rings is 2. The molecule has 30 heavy (non-hydrogen) atoms. The highest BCUT2D eigenvalue weighted by molar-refractivity contribution is 6.01. The largest absolute Gasteiger partial charge is 0.358 e. The van der Waals surface area contributed by atoms with E-state index in [1.165, 1.54) is 66.2 Å². The van der Waals surface area contributed by atoms with Gasteiger partial charge in [0.15, 0.2) is 0 Å². The Bertz CT molecular complexity index is 1150. The number of fused-ring (bicyclic) bond motifs is 2. The van der Waals surface area contributed by atoms with E-state index in [1.807, 2.05) is 6.07 Å². The fourth-order valence-electron chi connectivity index (χ4n) is 8.10. The third-order valence-electron chi connectivity index (χ3n) is 8.70. The average molecular weight is 397 g/mol. The van der Waals surface area contributed by atoms with E-state index in [-0.39, 0.29) is 17.5 Å². The first-order valence-corrected chi connectivity index (χ1v) is 11.6. The molecule has 3 heteroatoms. The molecule has 3 nitrogen and oxygen atoms in total. The minimum atomic E-state index is 0.0288. The molecule has 4 bridgehead atoms. The van der Waals surface area contributed by atoms with Crippen LogP contribution in [0.3, 0.4) is 0 Å². The normalized spacial score (nSPS) is 34.2. The molecule has 8 rings (SSSR count). The maximum absolute atomic E-state index is 14.0.